The largest absolute Gasteiger partial charge is 0.478 e. The molecule has 0 radical (unpaired) electrons. The predicted molar refractivity (Wildman–Crippen MR) is 132 cm³/mol. The van der Waals surface area contributed by atoms with Crippen LogP contribution in [0.5, 0.6) is 5.75 Å². The SMILES string of the molecule is Cc1ccc(N2C(=O)C(Oc3ccccc3)C2c2ccc(N(CCCl)CCCl)cc2)cc1. The van der Waals surface area contributed by atoms with Crippen LogP contribution in [0.3, 0.4) is 0 Å². The molecule has 6 heteroatoms. The zero-order valence-corrected chi connectivity index (χ0v) is 19.5. The summed E-state index contributed by atoms with van der Waals surface area (Å²) in [7, 11) is 0. The Hall–Kier alpha value is -2.69. The van der Waals surface area contributed by atoms with Gasteiger partial charge in [-0.15, -0.1) is 23.2 Å². The second kappa shape index (κ2) is 10.3. The summed E-state index contributed by atoms with van der Waals surface area (Å²) < 4.78 is 6.12. The van der Waals surface area contributed by atoms with Crippen molar-refractivity contribution in [3.8, 4) is 5.75 Å². The van der Waals surface area contributed by atoms with Gasteiger partial charge < -0.3 is 9.64 Å². The minimum Gasteiger partial charge on any atom is -0.478 e. The number of β-lactam (4-membered cyclic amide) rings is 1. The second-order valence-electron chi connectivity index (χ2n) is 7.80. The summed E-state index contributed by atoms with van der Waals surface area (Å²) in [6.07, 6.45) is -0.577. The molecule has 4 rings (SSSR count). The minimum absolute atomic E-state index is 0.0438. The molecule has 2 unspecified atom stereocenters. The van der Waals surface area contributed by atoms with Crippen LogP contribution in [0.25, 0.3) is 0 Å². The molecule has 0 N–H and O–H groups in total. The third-order valence-electron chi connectivity index (χ3n) is 5.67. The Kier molecular flexibility index (Phi) is 7.23. The van der Waals surface area contributed by atoms with E-state index in [1.807, 2.05) is 66.4 Å². The molecule has 0 spiro atoms. The number of ether oxygens (including phenoxy) is 1. The normalized spacial score (nSPS) is 17.7. The number of halogens is 2. The quantitative estimate of drug-likeness (QED) is 0.293. The summed E-state index contributed by atoms with van der Waals surface area (Å²) in [6.45, 7) is 3.49. The number of hydrogen-bond donors (Lipinski definition) is 0. The lowest BCUT2D eigenvalue weighted by Gasteiger charge is -2.46. The maximum Gasteiger partial charge on any atom is 0.271 e. The zero-order valence-electron chi connectivity index (χ0n) is 18.0. The van der Waals surface area contributed by atoms with Gasteiger partial charge in [-0.05, 0) is 48.9 Å². The van der Waals surface area contributed by atoms with Crippen molar-refractivity contribution >= 4 is 40.5 Å². The predicted octanol–water partition coefficient (Wildman–Crippen LogP) is 5.81. The number of nitrogens with zero attached hydrogens (tertiary/aromatic N) is 2. The molecule has 0 saturated carbocycles. The van der Waals surface area contributed by atoms with Crippen molar-refractivity contribution in [2.24, 2.45) is 0 Å². The van der Waals surface area contributed by atoms with E-state index in [1.165, 1.54) is 0 Å². The molecular weight excluding hydrogens is 443 g/mol. The van der Waals surface area contributed by atoms with E-state index < -0.39 is 6.10 Å². The van der Waals surface area contributed by atoms with Gasteiger partial charge in [0.05, 0.1) is 0 Å². The van der Waals surface area contributed by atoms with E-state index in [-0.39, 0.29) is 11.9 Å². The van der Waals surface area contributed by atoms with Gasteiger partial charge in [-0.2, -0.15) is 0 Å². The smallest absolute Gasteiger partial charge is 0.271 e. The third kappa shape index (κ3) is 4.72. The molecule has 166 valence electrons. The summed E-state index contributed by atoms with van der Waals surface area (Å²) in [4.78, 5) is 17.1. The number of carbonyl (C=O) groups is 1. The zero-order chi connectivity index (χ0) is 22.5. The lowest BCUT2D eigenvalue weighted by molar-refractivity contribution is -0.135. The van der Waals surface area contributed by atoms with Crippen molar-refractivity contribution in [3.63, 3.8) is 0 Å². The van der Waals surface area contributed by atoms with Crippen molar-refractivity contribution in [3.05, 3.63) is 90.0 Å². The summed E-state index contributed by atoms with van der Waals surface area (Å²) in [6, 6.07) is 25.5. The number of carbonyl (C=O) groups excluding carboxylic acids is 1. The molecule has 1 amide bonds. The number of rotatable bonds is 9. The van der Waals surface area contributed by atoms with Crippen LogP contribution in [0.1, 0.15) is 17.2 Å². The molecule has 1 fully saturated rings. The number of alkyl halides is 2. The third-order valence-corrected chi connectivity index (χ3v) is 6.01. The molecular formula is C26H26Cl2N2O2. The molecule has 0 aromatic heterocycles. The van der Waals surface area contributed by atoms with E-state index in [9.17, 15) is 4.79 Å². The standard InChI is InChI=1S/C26H26Cl2N2O2/c1-19-7-11-22(12-8-19)30-24(25(26(30)31)32-23-5-3-2-4-6-23)20-9-13-21(14-10-20)29(17-15-27)18-16-28/h2-14,24-25H,15-18H2,1H3. The maximum atomic E-state index is 13.1. The Morgan fingerprint density at radius 1 is 0.875 bits per heavy atom. The van der Waals surface area contributed by atoms with Gasteiger partial charge >= 0.3 is 0 Å². The van der Waals surface area contributed by atoms with E-state index in [0.717, 1.165) is 35.6 Å². The molecule has 1 saturated heterocycles. The first-order chi connectivity index (χ1) is 15.6. The Morgan fingerprint density at radius 2 is 1.50 bits per heavy atom. The average Bonchev–Trinajstić information content (AvgIpc) is 2.82. The highest BCUT2D eigenvalue weighted by molar-refractivity contribution is 6.18. The number of amides is 1. The fourth-order valence-corrected chi connectivity index (χ4v) is 4.40. The number of aryl methyl sites for hydroxylation is 1. The van der Waals surface area contributed by atoms with E-state index >= 15 is 0 Å². The van der Waals surface area contributed by atoms with Gasteiger partial charge in [0.2, 0.25) is 6.10 Å². The summed E-state index contributed by atoms with van der Waals surface area (Å²) in [5, 5.41) is 0. The van der Waals surface area contributed by atoms with E-state index in [1.54, 1.807) is 0 Å². The summed E-state index contributed by atoms with van der Waals surface area (Å²) in [5.41, 5.74) is 4.10. The van der Waals surface area contributed by atoms with E-state index in [0.29, 0.717) is 17.5 Å². The van der Waals surface area contributed by atoms with Crippen molar-refractivity contribution in [2.45, 2.75) is 19.1 Å². The Bertz CT molecular complexity index is 1020. The molecule has 0 bridgehead atoms. The molecule has 0 aliphatic carbocycles. The molecule has 1 aliphatic rings. The van der Waals surface area contributed by atoms with Gasteiger partial charge in [0.1, 0.15) is 11.8 Å². The monoisotopic (exact) mass is 468 g/mol. The highest BCUT2D eigenvalue weighted by Gasteiger charge is 2.51. The highest BCUT2D eigenvalue weighted by atomic mass is 35.5. The van der Waals surface area contributed by atoms with Crippen LogP contribution in [0, 0.1) is 6.92 Å². The van der Waals surface area contributed by atoms with Gasteiger partial charge in [-0.25, -0.2) is 0 Å². The van der Waals surface area contributed by atoms with E-state index in [2.05, 4.69) is 29.2 Å². The van der Waals surface area contributed by atoms with Crippen molar-refractivity contribution in [1.82, 2.24) is 0 Å². The Balaban J connectivity index is 1.63. The first-order valence-electron chi connectivity index (χ1n) is 10.7. The van der Waals surface area contributed by atoms with Gasteiger partial charge in [0.25, 0.3) is 5.91 Å². The second-order valence-corrected chi connectivity index (χ2v) is 8.55. The molecule has 32 heavy (non-hydrogen) atoms. The first-order valence-corrected chi connectivity index (χ1v) is 11.8. The first kappa shape index (κ1) is 22.5. The number of benzene rings is 3. The van der Waals surface area contributed by atoms with Crippen molar-refractivity contribution in [1.29, 1.82) is 0 Å². The fraction of sp³-hybridized carbons (Fsp3) is 0.269. The lowest BCUT2D eigenvalue weighted by Crippen LogP contribution is -2.61. The van der Waals surface area contributed by atoms with Crippen LogP contribution >= 0.6 is 23.2 Å². The van der Waals surface area contributed by atoms with Crippen LogP contribution in [0.15, 0.2) is 78.9 Å². The Morgan fingerprint density at radius 3 is 2.09 bits per heavy atom. The molecule has 2 atom stereocenters. The van der Waals surface area contributed by atoms with E-state index in [4.69, 9.17) is 27.9 Å². The average molecular weight is 469 g/mol. The highest BCUT2D eigenvalue weighted by Crippen LogP contribution is 2.41. The summed E-state index contributed by atoms with van der Waals surface area (Å²) in [5.74, 6) is 1.71. The van der Waals surface area contributed by atoms with Crippen molar-refractivity contribution in [2.75, 3.05) is 34.6 Å². The van der Waals surface area contributed by atoms with Gasteiger partial charge in [0, 0.05) is 36.2 Å². The van der Waals surface area contributed by atoms with Crippen molar-refractivity contribution < 1.29 is 9.53 Å². The molecule has 1 heterocycles. The number of anilines is 2. The number of para-hydroxylation sites is 1. The molecule has 4 nitrogen and oxygen atoms in total. The fourth-order valence-electron chi connectivity index (χ4n) is 4.00. The van der Waals surface area contributed by atoms with Crippen LogP contribution in [0.2, 0.25) is 0 Å². The maximum absolute atomic E-state index is 13.1. The van der Waals surface area contributed by atoms with Crippen LogP contribution in [-0.4, -0.2) is 36.9 Å². The molecule has 1 aliphatic heterocycles. The number of hydrogen-bond acceptors (Lipinski definition) is 3. The molecule has 3 aromatic carbocycles. The Labute approximate surface area is 199 Å². The topological polar surface area (TPSA) is 32.8 Å². The lowest BCUT2D eigenvalue weighted by atomic mass is 9.89. The van der Waals surface area contributed by atoms with Crippen LogP contribution in [0.4, 0.5) is 11.4 Å². The van der Waals surface area contributed by atoms with Gasteiger partial charge in [-0.3, -0.25) is 9.69 Å². The van der Waals surface area contributed by atoms with Crippen LogP contribution in [-0.2, 0) is 4.79 Å². The molecule has 3 aromatic rings. The minimum atomic E-state index is -0.577. The van der Waals surface area contributed by atoms with Crippen LogP contribution < -0.4 is 14.5 Å². The summed E-state index contributed by atoms with van der Waals surface area (Å²) >= 11 is 11.9. The van der Waals surface area contributed by atoms with Gasteiger partial charge in [-0.1, -0.05) is 48.0 Å². The van der Waals surface area contributed by atoms with Gasteiger partial charge in [0.15, 0.2) is 0 Å².